The molecule has 2 saturated carbocycles. The summed E-state index contributed by atoms with van der Waals surface area (Å²) >= 11 is 0. The second kappa shape index (κ2) is 6.36. The summed E-state index contributed by atoms with van der Waals surface area (Å²) in [6, 6.07) is 5.89. The van der Waals surface area contributed by atoms with Gasteiger partial charge in [-0.15, -0.1) is 0 Å². The summed E-state index contributed by atoms with van der Waals surface area (Å²) in [5.41, 5.74) is 2.08. The Balaban J connectivity index is 1.38. The van der Waals surface area contributed by atoms with E-state index in [1.807, 2.05) is 30.7 Å². The van der Waals surface area contributed by atoms with Crippen LogP contribution in [0.15, 0.2) is 22.6 Å². The Labute approximate surface area is 148 Å². The van der Waals surface area contributed by atoms with Crippen LogP contribution in [0.1, 0.15) is 60.3 Å². The Bertz CT molecular complexity index is 776. The summed E-state index contributed by atoms with van der Waals surface area (Å²) in [7, 11) is 0. The normalized spacial score (nSPS) is 26.1. The van der Waals surface area contributed by atoms with Crippen molar-refractivity contribution in [3.8, 4) is 0 Å². The largest absolute Gasteiger partial charge is 0.454 e. The van der Waals surface area contributed by atoms with Crippen molar-refractivity contribution in [2.24, 2.45) is 17.8 Å². The first-order valence-electron chi connectivity index (χ1n) is 9.40. The highest BCUT2D eigenvalue weighted by Gasteiger charge is 2.42. The first-order chi connectivity index (χ1) is 12.0. The van der Waals surface area contributed by atoms with Gasteiger partial charge in [-0.2, -0.15) is 5.10 Å². The number of carbonyl (C=O) groups excluding carboxylic acids is 1. The van der Waals surface area contributed by atoms with E-state index in [9.17, 15) is 4.79 Å². The first kappa shape index (κ1) is 16.4. The number of furan rings is 1. The van der Waals surface area contributed by atoms with Gasteiger partial charge in [0, 0.05) is 11.7 Å². The smallest absolute Gasteiger partial charge is 0.287 e. The topological polar surface area (TPSA) is 60.1 Å². The number of aryl methyl sites for hydroxylation is 2. The Kier molecular flexibility index (Phi) is 4.18. The highest BCUT2D eigenvalue weighted by molar-refractivity contribution is 5.91. The van der Waals surface area contributed by atoms with Gasteiger partial charge in [-0.3, -0.25) is 9.48 Å². The van der Waals surface area contributed by atoms with E-state index in [-0.39, 0.29) is 11.9 Å². The maximum Gasteiger partial charge on any atom is 0.287 e. The summed E-state index contributed by atoms with van der Waals surface area (Å²) < 4.78 is 7.66. The predicted molar refractivity (Wildman–Crippen MR) is 95.4 cm³/mol. The van der Waals surface area contributed by atoms with Crippen LogP contribution in [0.5, 0.6) is 0 Å². The third kappa shape index (κ3) is 3.24. The van der Waals surface area contributed by atoms with Crippen molar-refractivity contribution in [3.63, 3.8) is 0 Å². The molecule has 1 amide bonds. The molecule has 2 aromatic heterocycles. The molecule has 2 bridgehead atoms. The average molecular weight is 341 g/mol. The van der Waals surface area contributed by atoms with Crippen LogP contribution < -0.4 is 5.32 Å². The summed E-state index contributed by atoms with van der Waals surface area (Å²) in [5.74, 6) is 3.38. The van der Waals surface area contributed by atoms with Gasteiger partial charge in [0.25, 0.3) is 5.91 Å². The minimum atomic E-state index is -0.102. The van der Waals surface area contributed by atoms with Crippen LogP contribution in [0.3, 0.4) is 0 Å². The average Bonchev–Trinajstić information content (AvgIpc) is 3.33. The summed E-state index contributed by atoms with van der Waals surface area (Å²) in [6.07, 6.45) is 5.35. The SMILES string of the molecule is Cc1cc(C)n(Cc2ccc(C(=O)N[C@@H](C)[C@@H]3C[C@@H]4CC[C@@H]3C4)o2)n1. The predicted octanol–water partition coefficient (Wildman–Crippen LogP) is 3.70. The molecule has 2 aliphatic carbocycles. The van der Waals surface area contributed by atoms with Crippen LogP contribution in [-0.2, 0) is 6.54 Å². The van der Waals surface area contributed by atoms with Gasteiger partial charge in [-0.05, 0) is 76.0 Å². The fourth-order valence-electron chi connectivity index (χ4n) is 4.86. The number of fused-ring (bicyclic) bond motifs is 2. The van der Waals surface area contributed by atoms with E-state index < -0.39 is 0 Å². The van der Waals surface area contributed by atoms with Crippen molar-refractivity contribution < 1.29 is 9.21 Å². The number of aromatic nitrogens is 2. The van der Waals surface area contributed by atoms with Crippen molar-refractivity contribution in [2.75, 3.05) is 0 Å². The lowest BCUT2D eigenvalue weighted by Crippen LogP contribution is -2.40. The number of hydrogen-bond acceptors (Lipinski definition) is 3. The zero-order chi connectivity index (χ0) is 17.6. The number of rotatable bonds is 5. The van der Waals surface area contributed by atoms with E-state index in [1.54, 1.807) is 6.07 Å². The van der Waals surface area contributed by atoms with Crippen molar-refractivity contribution in [1.82, 2.24) is 15.1 Å². The van der Waals surface area contributed by atoms with Gasteiger partial charge >= 0.3 is 0 Å². The molecule has 4 rings (SSSR count). The van der Waals surface area contributed by atoms with Crippen LogP contribution in [0.2, 0.25) is 0 Å². The monoisotopic (exact) mass is 341 g/mol. The summed E-state index contributed by atoms with van der Waals surface area (Å²) in [6.45, 7) is 6.69. The fourth-order valence-corrected chi connectivity index (χ4v) is 4.86. The van der Waals surface area contributed by atoms with Gasteiger partial charge < -0.3 is 9.73 Å². The van der Waals surface area contributed by atoms with E-state index in [4.69, 9.17) is 4.42 Å². The fraction of sp³-hybridized carbons (Fsp3) is 0.600. The van der Waals surface area contributed by atoms with Crippen LogP contribution in [0, 0.1) is 31.6 Å². The molecule has 0 spiro atoms. The van der Waals surface area contributed by atoms with E-state index in [0.29, 0.717) is 18.2 Å². The third-order valence-electron chi connectivity index (χ3n) is 6.09. The molecule has 0 aromatic carbocycles. The maximum absolute atomic E-state index is 12.5. The molecule has 1 N–H and O–H groups in total. The molecule has 5 heteroatoms. The highest BCUT2D eigenvalue weighted by Crippen LogP contribution is 2.49. The molecule has 0 aliphatic heterocycles. The highest BCUT2D eigenvalue weighted by atomic mass is 16.4. The van der Waals surface area contributed by atoms with E-state index in [2.05, 4.69) is 17.3 Å². The number of hydrogen-bond donors (Lipinski definition) is 1. The molecule has 2 fully saturated rings. The molecule has 2 heterocycles. The lowest BCUT2D eigenvalue weighted by atomic mass is 9.84. The van der Waals surface area contributed by atoms with Crippen molar-refractivity contribution in [2.45, 2.75) is 59.0 Å². The Hall–Kier alpha value is -2.04. The Morgan fingerprint density at radius 2 is 2.20 bits per heavy atom. The number of nitrogens with one attached hydrogen (secondary N) is 1. The van der Waals surface area contributed by atoms with Gasteiger partial charge in [0.2, 0.25) is 0 Å². The molecule has 2 aromatic rings. The summed E-state index contributed by atoms with van der Waals surface area (Å²) in [4.78, 5) is 12.5. The van der Waals surface area contributed by atoms with Crippen molar-refractivity contribution >= 4 is 5.91 Å². The quantitative estimate of drug-likeness (QED) is 0.902. The molecular weight excluding hydrogens is 314 g/mol. The minimum absolute atomic E-state index is 0.102. The molecule has 25 heavy (non-hydrogen) atoms. The van der Waals surface area contributed by atoms with Crippen molar-refractivity contribution in [3.05, 3.63) is 41.1 Å². The standard InChI is InChI=1S/C20H27N3O2/c1-12-8-13(2)23(22-12)11-17-6-7-19(25-17)20(24)21-14(3)18-10-15-4-5-16(18)9-15/h6-8,14-16,18H,4-5,9-11H2,1-3H3,(H,21,24)/t14-,15+,16+,18-/m0/s1. The van der Waals surface area contributed by atoms with Gasteiger partial charge in [-0.1, -0.05) is 6.42 Å². The Morgan fingerprint density at radius 1 is 1.36 bits per heavy atom. The van der Waals surface area contributed by atoms with E-state index in [0.717, 1.165) is 29.0 Å². The second-order valence-electron chi connectivity index (χ2n) is 7.95. The van der Waals surface area contributed by atoms with Gasteiger partial charge in [-0.25, -0.2) is 0 Å². The lowest BCUT2D eigenvalue weighted by molar-refractivity contribution is 0.0885. The minimum Gasteiger partial charge on any atom is -0.454 e. The van der Waals surface area contributed by atoms with Crippen LogP contribution >= 0.6 is 0 Å². The van der Waals surface area contributed by atoms with Gasteiger partial charge in [0.05, 0.1) is 12.2 Å². The number of nitrogens with zero attached hydrogens (tertiary/aromatic N) is 2. The zero-order valence-corrected chi connectivity index (χ0v) is 15.3. The molecule has 2 aliphatic rings. The molecule has 0 unspecified atom stereocenters. The number of carbonyl (C=O) groups is 1. The summed E-state index contributed by atoms with van der Waals surface area (Å²) in [5, 5.41) is 7.60. The van der Waals surface area contributed by atoms with E-state index in [1.165, 1.54) is 25.7 Å². The van der Waals surface area contributed by atoms with Crippen LogP contribution in [0.4, 0.5) is 0 Å². The van der Waals surface area contributed by atoms with Gasteiger partial charge in [0.15, 0.2) is 5.76 Å². The lowest BCUT2D eigenvalue weighted by Gasteiger charge is -2.28. The second-order valence-corrected chi connectivity index (χ2v) is 7.95. The molecule has 0 radical (unpaired) electrons. The molecule has 0 saturated heterocycles. The van der Waals surface area contributed by atoms with Crippen LogP contribution in [0.25, 0.3) is 0 Å². The first-order valence-corrected chi connectivity index (χ1v) is 9.40. The molecular formula is C20H27N3O2. The van der Waals surface area contributed by atoms with Crippen molar-refractivity contribution in [1.29, 1.82) is 0 Å². The molecule has 134 valence electrons. The third-order valence-corrected chi connectivity index (χ3v) is 6.09. The Morgan fingerprint density at radius 3 is 2.84 bits per heavy atom. The molecule has 5 nitrogen and oxygen atoms in total. The molecule has 4 atom stereocenters. The van der Waals surface area contributed by atoms with Gasteiger partial charge in [0.1, 0.15) is 5.76 Å². The number of amides is 1. The zero-order valence-electron chi connectivity index (χ0n) is 15.3. The maximum atomic E-state index is 12.5. The van der Waals surface area contributed by atoms with E-state index >= 15 is 0 Å². The van der Waals surface area contributed by atoms with Crippen LogP contribution in [-0.4, -0.2) is 21.7 Å².